The van der Waals surface area contributed by atoms with Crippen molar-refractivity contribution >= 4 is 27.1 Å². The van der Waals surface area contributed by atoms with Gasteiger partial charge in [-0.05, 0) is 6.07 Å². The third-order valence-electron chi connectivity index (χ3n) is 3.35. The number of carbonyl (C=O) groups excluding carboxylic acids is 1. The van der Waals surface area contributed by atoms with E-state index in [0.29, 0.717) is 5.69 Å². The van der Waals surface area contributed by atoms with Gasteiger partial charge in [0.2, 0.25) is 0 Å². The van der Waals surface area contributed by atoms with E-state index in [2.05, 4.69) is 5.32 Å². The summed E-state index contributed by atoms with van der Waals surface area (Å²) in [6, 6.07) is 3.98. The van der Waals surface area contributed by atoms with Crippen molar-refractivity contribution in [1.82, 2.24) is 4.90 Å². The van der Waals surface area contributed by atoms with Crippen molar-refractivity contribution in [2.24, 2.45) is 0 Å². The van der Waals surface area contributed by atoms with Gasteiger partial charge in [-0.3, -0.25) is 14.9 Å². The number of sulfone groups is 1. The lowest BCUT2D eigenvalue weighted by atomic mass is 10.1. The van der Waals surface area contributed by atoms with Gasteiger partial charge in [0.05, 0.1) is 22.0 Å². The number of hydrogen-bond acceptors (Lipinski definition) is 6. The molecule has 1 aliphatic rings. The summed E-state index contributed by atoms with van der Waals surface area (Å²) in [7, 11) is -1.48. The molecule has 1 fully saturated rings. The zero-order valence-corrected chi connectivity index (χ0v) is 12.2. The van der Waals surface area contributed by atoms with Crippen molar-refractivity contribution in [3.05, 3.63) is 33.9 Å². The number of benzene rings is 1. The Morgan fingerprint density at radius 1 is 1.33 bits per heavy atom. The lowest BCUT2D eigenvalue weighted by molar-refractivity contribution is -0.384. The molecule has 1 aromatic carbocycles. The first-order chi connectivity index (χ1) is 9.84. The van der Waals surface area contributed by atoms with Crippen LogP contribution >= 0.6 is 0 Å². The number of nitro groups is 1. The summed E-state index contributed by atoms with van der Waals surface area (Å²) >= 11 is 0. The van der Waals surface area contributed by atoms with Crippen molar-refractivity contribution in [3.8, 4) is 0 Å². The summed E-state index contributed by atoms with van der Waals surface area (Å²) in [5, 5.41) is 13.6. The monoisotopic (exact) mass is 313 g/mol. The minimum atomic E-state index is -3.09. The molecule has 1 aromatic rings. The summed E-state index contributed by atoms with van der Waals surface area (Å²) in [6.45, 7) is 0.208. The topological polar surface area (TPSA) is 110 Å². The largest absolute Gasteiger partial charge is 0.387 e. The third-order valence-corrected chi connectivity index (χ3v) is 4.95. The van der Waals surface area contributed by atoms with Gasteiger partial charge in [-0.15, -0.1) is 0 Å². The van der Waals surface area contributed by atoms with Crippen molar-refractivity contribution in [1.29, 1.82) is 0 Å². The van der Waals surface area contributed by atoms with Gasteiger partial charge in [-0.2, -0.15) is 0 Å². The van der Waals surface area contributed by atoms with Gasteiger partial charge in [-0.1, -0.05) is 0 Å². The van der Waals surface area contributed by atoms with Gasteiger partial charge in [0, 0.05) is 38.0 Å². The maximum Gasteiger partial charge on any atom is 0.270 e. The summed E-state index contributed by atoms with van der Waals surface area (Å²) in [5.74, 6) is -0.566. The highest BCUT2D eigenvalue weighted by molar-refractivity contribution is 7.91. The molecule has 0 bridgehead atoms. The molecule has 1 N–H and O–H groups in total. The smallest absolute Gasteiger partial charge is 0.270 e. The maximum absolute atomic E-state index is 12.4. The highest BCUT2D eigenvalue weighted by atomic mass is 32.2. The molecule has 0 unspecified atom stereocenters. The standard InChI is InChI=1S/C12H15N3O5S/c1-13-11-3-2-9(15(17)18)8-10(11)12(16)14-4-6-21(19,20)7-5-14/h2-3,8,13H,4-7H2,1H3. The number of nitrogens with zero attached hydrogens (tertiary/aromatic N) is 2. The fourth-order valence-electron chi connectivity index (χ4n) is 2.13. The molecule has 1 amide bonds. The zero-order chi connectivity index (χ0) is 15.6. The van der Waals surface area contributed by atoms with Crippen molar-refractivity contribution < 1.29 is 18.1 Å². The van der Waals surface area contributed by atoms with Gasteiger partial charge in [0.1, 0.15) is 0 Å². The number of amides is 1. The second-order valence-corrected chi connectivity index (χ2v) is 6.98. The Morgan fingerprint density at radius 3 is 2.48 bits per heavy atom. The van der Waals surface area contributed by atoms with E-state index in [1.165, 1.54) is 23.1 Å². The molecule has 0 radical (unpaired) electrons. The molecule has 1 aliphatic heterocycles. The molecule has 21 heavy (non-hydrogen) atoms. The Kier molecular flexibility index (Phi) is 4.12. The highest BCUT2D eigenvalue weighted by Gasteiger charge is 2.27. The molecule has 1 heterocycles. The molecule has 1 saturated heterocycles. The fourth-order valence-corrected chi connectivity index (χ4v) is 3.33. The summed E-state index contributed by atoms with van der Waals surface area (Å²) in [5.41, 5.74) is 0.465. The minimum absolute atomic E-state index is 0.0808. The molecule has 0 aliphatic carbocycles. The average Bonchev–Trinajstić information content (AvgIpc) is 2.45. The Hall–Kier alpha value is -2.16. The molecule has 0 atom stereocenters. The van der Waals surface area contributed by atoms with E-state index in [4.69, 9.17) is 0 Å². The van der Waals surface area contributed by atoms with Crippen LogP contribution in [0.1, 0.15) is 10.4 Å². The second-order valence-electron chi connectivity index (χ2n) is 4.68. The maximum atomic E-state index is 12.4. The normalized spacial score (nSPS) is 17.3. The molecule has 0 aromatic heterocycles. The number of non-ortho nitro benzene ring substituents is 1. The quantitative estimate of drug-likeness (QED) is 0.643. The minimum Gasteiger partial charge on any atom is -0.387 e. The molecule has 9 heteroatoms. The van der Waals surface area contributed by atoms with Crippen LogP contribution in [0, 0.1) is 10.1 Å². The molecular weight excluding hydrogens is 298 g/mol. The Bertz CT molecular complexity index is 672. The van der Waals surface area contributed by atoms with E-state index >= 15 is 0 Å². The lowest BCUT2D eigenvalue weighted by Crippen LogP contribution is -2.43. The van der Waals surface area contributed by atoms with Gasteiger partial charge in [-0.25, -0.2) is 8.42 Å². The van der Waals surface area contributed by atoms with E-state index in [1.807, 2.05) is 0 Å². The predicted octanol–water partition coefficient (Wildman–Crippen LogP) is 0.507. The van der Waals surface area contributed by atoms with Crippen LogP contribution < -0.4 is 5.32 Å². The Balaban J connectivity index is 2.30. The van der Waals surface area contributed by atoms with Crippen LogP contribution in [0.25, 0.3) is 0 Å². The van der Waals surface area contributed by atoms with Crippen LogP contribution in [0.4, 0.5) is 11.4 Å². The first kappa shape index (κ1) is 15.2. The molecule has 0 spiro atoms. The van der Waals surface area contributed by atoms with Crippen LogP contribution in [0.2, 0.25) is 0 Å². The van der Waals surface area contributed by atoms with E-state index in [-0.39, 0.29) is 35.8 Å². The fraction of sp³-hybridized carbons (Fsp3) is 0.417. The molecule has 0 saturated carbocycles. The number of anilines is 1. The van der Waals surface area contributed by atoms with Crippen molar-refractivity contribution in [2.75, 3.05) is 37.0 Å². The molecular formula is C12H15N3O5S. The Labute approximate surface area is 121 Å². The van der Waals surface area contributed by atoms with E-state index < -0.39 is 20.7 Å². The number of hydrogen-bond donors (Lipinski definition) is 1. The van der Waals surface area contributed by atoms with E-state index in [9.17, 15) is 23.3 Å². The Morgan fingerprint density at radius 2 is 1.95 bits per heavy atom. The van der Waals surface area contributed by atoms with Gasteiger partial charge >= 0.3 is 0 Å². The summed E-state index contributed by atoms with van der Waals surface area (Å²) in [4.78, 5) is 24.1. The predicted molar refractivity (Wildman–Crippen MR) is 77.2 cm³/mol. The van der Waals surface area contributed by atoms with Crippen molar-refractivity contribution in [2.45, 2.75) is 0 Å². The van der Waals surface area contributed by atoms with Crippen LogP contribution in [0.3, 0.4) is 0 Å². The average molecular weight is 313 g/mol. The zero-order valence-electron chi connectivity index (χ0n) is 11.4. The van der Waals surface area contributed by atoms with Gasteiger partial charge < -0.3 is 10.2 Å². The van der Waals surface area contributed by atoms with Crippen molar-refractivity contribution in [3.63, 3.8) is 0 Å². The second kappa shape index (κ2) is 5.68. The van der Waals surface area contributed by atoms with Crippen LogP contribution in [-0.4, -0.2) is 55.8 Å². The number of nitrogens with one attached hydrogen (secondary N) is 1. The number of nitro benzene ring substituents is 1. The molecule has 114 valence electrons. The molecule has 2 rings (SSSR count). The SMILES string of the molecule is CNc1ccc([N+](=O)[O-])cc1C(=O)N1CCS(=O)(=O)CC1. The first-order valence-electron chi connectivity index (χ1n) is 6.30. The van der Waals surface area contributed by atoms with Gasteiger partial charge in [0.25, 0.3) is 11.6 Å². The number of carbonyl (C=O) groups is 1. The third kappa shape index (κ3) is 3.30. The van der Waals surface area contributed by atoms with Crippen LogP contribution in [-0.2, 0) is 9.84 Å². The summed E-state index contributed by atoms with van der Waals surface area (Å²) < 4.78 is 22.8. The number of rotatable bonds is 3. The first-order valence-corrected chi connectivity index (χ1v) is 8.12. The van der Waals surface area contributed by atoms with E-state index in [0.717, 1.165) is 0 Å². The highest BCUT2D eigenvalue weighted by Crippen LogP contribution is 2.24. The van der Waals surface area contributed by atoms with Crippen LogP contribution in [0.5, 0.6) is 0 Å². The van der Waals surface area contributed by atoms with E-state index in [1.54, 1.807) is 7.05 Å². The summed E-state index contributed by atoms with van der Waals surface area (Å²) in [6.07, 6.45) is 0. The van der Waals surface area contributed by atoms with Crippen LogP contribution in [0.15, 0.2) is 18.2 Å². The lowest BCUT2D eigenvalue weighted by Gasteiger charge is -2.27. The molecule has 8 nitrogen and oxygen atoms in total. The van der Waals surface area contributed by atoms with Gasteiger partial charge in [0.15, 0.2) is 9.84 Å².